The normalized spacial score (nSPS) is 17.0. The first-order valence-electron chi connectivity index (χ1n) is 25.4. The van der Waals surface area contributed by atoms with Crippen LogP contribution in [0.25, 0.3) is 0 Å². The summed E-state index contributed by atoms with van der Waals surface area (Å²) >= 11 is 1.09. The lowest BCUT2D eigenvalue weighted by Gasteiger charge is -2.39. The van der Waals surface area contributed by atoms with Crippen LogP contribution in [-0.2, 0) is 49.5 Å². The van der Waals surface area contributed by atoms with E-state index in [0.717, 1.165) is 30.7 Å². The van der Waals surface area contributed by atoms with Gasteiger partial charge in [0.25, 0.3) is 5.91 Å². The Hall–Kier alpha value is -6.20. The van der Waals surface area contributed by atoms with Crippen molar-refractivity contribution in [3.8, 4) is 0 Å². The van der Waals surface area contributed by atoms with Gasteiger partial charge in [0.1, 0.15) is 35.6 Å². The third kappa shape index (κ3) is 19.6. The highest BCUT2D eigenvalue weighted by Gasteiger charge is 2.39. The minimum absolute atomic E-state index is 0.0000441. The molecule has 1 aliphatic rings. The number of methoxy groups -OCH3 is 1. The Bertz CT molecular complexity index is 2190. The number of nitrogens with one attached hydrogen (secondary N) is 6. The first-order valence-corrected chi connectivity index (χ1v) is 26.3. The largest absolute Gasteiger partial charge is 0.481 e. The predicted molar refractivity (Wildman–Crippen MR) is 278 cm³/mol. The van der Waals surface area contributed by atoms with Gasteiger partial charge in [-0.15, -0.1) is 11.3 Å². The Morgan fingerprint density at radius 2 is 1.64 bits per heavy atom. The number of nitrogens with zero attached hydrogens (tertiary/aromatic N) is 3. The van der Waals surface area contributed by atoms with Gasteiger partial charge in [-0.1, -0.05) is 73.4 Å². The number of rotatable bonds is 31. The number of primary amides is 1. The summed E-state index contributed by atoms with van der Waals surface area (Å²) in [4.78, 5) is 124. The van der Waals surface area contributed by atoms with Gasteiger partial charge >= 0.3 is 18.0 Å². The van der Waals surface area contributed by atoms with E-state index < -0.39 is 77.9 Å². The van der Waals surface area contributed by atoms with Crippen LogP contribution in [0.1, 0.15) is 134 Å². The van der Waals surface area contributed by atoms with Gasteiger partial charge in [0, 0.05) is 50.2 Å². The Morgan fingerprint density at radius 3 is 2.20 bits per heavy atom. The van der Waals surface area contributed by atoms with Crippen LogP contribution in [0.5, 0.6) is 0 Å². The van der Waals surface area contributed by atoms with Gasteiger partial charge in [0.05, 0.1) is 12.0 Å². The standard InChI is InChI=1S/C51H80N10O12S/c1-11-31(6)43(59-46(66)39-16-12-13-22-60(39)9)49(68)61(28-72-10)40(29(2)3)25-41(73-33(8)63)48-58-38(26-74-48)45(65)56-36(23-32(7)50(69)70)24-34-17-19-35(20-18-34)55-44(64)37(15-14-21-53-51(52)71)57-47(67)42(30(4)5)54-27-62/h17-20,26-27,29-32,36-37,39-43H,11-16,21-25,28H2,1-10H3,(H,54,62)(H,55,64)(H,56,65)(H,57,67)(H,59,66)(H,69,70)(H3,52,53,71)/t31-,32?,36+,37-,39+,40+,41+,42-,43-/m0/s1. The van der Waals surface area contributed by atoms with Gasteiger partial charge < -0.3 is 57.1 Å². The molecular formula is C51H80N10O12S. The molecular weight excluding hydrogens is 977 g/mol. The minimum atomic E-state index is -1.06. The van der Waals surface area contributed by atoms with E-state index >= 15 is 0 Å². The van der Waals surface area contributed by atoms with Crippen molar-refractivity contribution in [1.29, 1.82) is 0 Å². The van der Waals surface area contributed by atoms with Crippen molar-refractivity contribution < 1.29 is 57.7 Å². The van der Waals surface area contributed by atoms with Gasteiger partial charge in [0.2, 0.25) is 30.0 Å². The maximum absolute atomic E-state index is 14.6. The van der Waals surface area contributed by atoms with Crippen LogP contribution in [0.15, 0.2) is 29.6 Å². The molecule has 2 heterocycles. The molecule has 0 aliphatic carbocycles. The molecule has 23 heteroatoms. The summed E-state index contributed by atoms with van der Waals surface area (Å²) in [6, 6.07) is 1.46. The van der Waals surface area contributed by atoms with Crippen molar-refractivity contribution in [2.45, 2.75) is 156 Å². The molecule has 1 saturated heterocycles. The zero-order chi connectivity index (χ0) is 55.2. The number of amides is 8. The molecule has 9 N–H and O–H groups in total. The van der Waals surface area contributed by atoms with Crippen molar-refractivity contribution >= 4 is 70.9 Å². The van der Waals surface area contributed by atoms with Gasteiger partial charge in [-0.05, 0) is 87.6 Å². The second-order valence-electron chi connectivity index (χ2n) is 19.8. The number of likely N-dealkylation sites (tertiary alicyclic amines) is 1. The zero-order valence-electron chi connectivity index (χ0n) is 44.6. The lowest BCUT2D eigenvalue weighted by molar-refractivity contribution is -0.152. The number of carboxylic acids is 1. The second kappa shape index (κ2) is 30.9. The maximum atomic E-state index is 14.6. The average molecular weight is 1060 g/mol. The van der Waals surface area contributed by atoms with Crippen molar-refractivity contribution in [1.82, 2.24) is 41.4 Å². The number of ether oxygens (including phenoxy) is 2. The molecule has 1 aromatic carbocycles. The molecule has 9 atom stereocenters. The van der Waals surface area contributed by atoms with Crippen molar-refractivity contribution in [3.63, 3.8) is 0 Å². The Morgan fingerprint density at radius 1 is 0.946 bits per heavy atom. The summed E-state index contributed by atoms with van der Waals surface area (Å²) in [6.45, 7) is 14.8. The number of carboxylic acid groups (broad SMARTS) is 1. The number of carbonyl (C=O) groups excluding carboxylic acids is 8. The third-order valence-electron chi connectivity index (χ3n) is 13.3. The molecule has 412 valence electrons. The van der Waals surface area contributed by atoms with Crippen LogP contribution in [0.2, 0.25) is 0 Å². The van der Waals surface area contributed by atoms with Gasteiger partial charge in [-0.25, -0.2) is 9.78 Å². The van der Waals surface area contributed by atoms with Gasteiger partial charge in [-0.2, -0.15) is 0 Å². The number of benzene rings is 1. The fourth-order valence-electron chi connectivity index (χ4n) is 8.81. The van der Waals surface area contributed by atoms with Crippen LogP contribution in [-0.4, -0.2) is 144 Å². The minimum Gasteiger partial charge on any atom is -0.481 e. The van der Waals surface area contributed by atoms with E-state index in [2.05, 4.69) is 36.9 Å². The summed E-state index contributed by atoms with van der Waals surface area (Å²) in [7, 11) is 3.38. The summed E-state index contributed by atoms with van der Waals surface area (Å²) in [6.07, 6.45) is 3.37. The van der Waals surface area contributed by atoms with Crippen molar-refractivity contribution in [3.05, 3.63) is 45.9 Å². The Kier molecular flexibility index (Phi) is 25.9. The van der Waals surface area contributed by atoms with Crippen molar-refractivity contribution in [2.75, 3.05) is 39.3 Å². The number of carbonyl (C=O) groups is 9. The molecule has 74 heavy (non-hydrogen) atoms. The smallest absolute Gasteiger partial charge is 0.312 e. The molecule has 0 bridgehead atoms. The van der Waals surface area contributed by atoms with E-state index in [0.29, 0.717) is 41.9 Å². The zero-order valence-corrected chi connectivity index (χ0v) is 45.4. The number of anilines is 1. The first kappa shape index (κ1) is 62.1. The summed E-state index contributed by atoms with van der Waals surface area (Å²) in [5.41, 5.74) is 6.23. The number of hydrogen-bond donors (Lipinski definition) is 8. The van der Waals surface area contributed by atoms with E-state index in [1.165, 1.54) is 26.3 Å². The molecule has 1 aliphatic heterocycles. The third-order valence-corrected chi connectivity index (χ3v) is 14.2. The number of hydrogen-bond acceptors (Lipinski definition) is 14. The summed E-state index contributed by atoms with van der Waals surface area (Å²) in [5.74, 6) is -5.50. The average Bonchev–Trinajstić information content (AvgIpc) is 3.84. The first-order chi connectivity index (χ1) is 35.0. The van der Waals surface area contributed by atoms with Crippen LogP contribution < -0.4 is 37.6 Å². The van der Waals surface area contributed by atoms with E-state index in [4.69, 9.17) is 15.2 Å². The van der Waals surface area contributed by atoms with Crippen LogP contribution >= 0.6 is 11.3 Å². The highest BCUT2D eigenvalue weighted by molar-refractivity contribution is 7.09. The molecule has 1 unspecified atom stereocenters. The van der Waals surface area contributed by atoms with Gasteiger partial charge in [-0.3, -0.25) is 43.3 Å². The fraction of sp³-hybridized carbons (Fsp3) is 0.647. The second-order valence-corrected chi connectivity index (χ2v) is 20.7. The fourth-order valence-corrected chi connectivity index (χ4v) is 9.65. The molecule has 1 aromatic heterocycles. The number of aliphatic carboxylic acids is 1. The summed E-state index contributed by atoms with van der Waals surface area (Å²) in [5, 5.41) is 28.0. The quantitative estimate of drug-likeness (QED) is 0.0231. The Balaban J connectivity index is 1.84. The molecule has 8 amide bonds. The molecule has 3 rings (SSSR count). The number of urea groups is 1. The Labute approximate surface area is 438 Å². The van der Waals surface area contributed by atoms with Crippen LogP contribution in [0.4, 0.5) is 10.5 Å². The molecule has 0 radical (unpaired) electrons. The van der Waals surface area contributed by atoms with E-state index in [-0.39, 0.29) is 80.3 Å². The molecule has 0 saturated carbocycles. The lowest BCUT2D eigenvalue weighted by atomic mass is 9.92. The molecule has 1 fully saturated rings. The number of thiazole rings is 1. The highest BCUT2D eigenvalue weighted by atomic mass is 32.1. The topological polar surface area (TPSA) is 310 Å². The van der Waals surface area contributed by atoms with E-state index in [1.54, 1.807) is 43.0 Å². The molecule has 22 nitrogen and oxygen atoms in total. The monoisotopic (exact) mass is 1060 g/mol. The maximum Gasteiger partial charge on any atom is 0.312 e. The number of nitrogens with two attached hydrogens (primary N) is 1. The number of esters is 1. The van der Waals surface area contributed by atoms with Crippen LogP contribution in [0.3, 0.4) is 0 Å². The summed E-state index contributed by atoms with van der Waals surface area (Å²) < 4.78 is 11.4. The van der Waals surface area contributed by atoms with Gasteiger partial charge in [0.15, 0.2) is 6.10 Å². The number of piperidine rings is 1. The molecule has 0 spiro atoms. The number of aromatic nitrogens is 1. The SMILES string of the molecule is CC[C@H](C)[C@H](NC(=O)[C@H]1CCCCN1C)C(=O)N(COC)[C@H](C[C@@H](OC(C)=O)c1nc(C(=O)N[C@@H](Cc2ccc(NC(=O)[C@H](CCCNC(N)=O)NC(=O)[C@@H](NC=O)C(C)C)cc2)CC(C)C(=O)O)cs1)C(C)C. The van der Waals surface area contributed by atoms with Crippen molar-refractivity contribution in [2.24, 2.45) is 29.4 Å². The van der Waals surface area contributed by atoms with Crippen LogP contribution in [0, 0.1) is 23.7 Å². The van der Waals surface area contributed by atoms with E-state index in [1.807, 2.05) is 39.6 Å². The number of likely N-dealkylation sites (N-methyl/N-ethyl adjacent to an activating group) is 1. The predicted octanol–water partition coefficient (Wildman–Crippen LogP) is 3.70. The van der Waals surface area contributed by atoms with E-state index in [9.17, 15) is 48.3 Å². The lowest BCUT2D eigenvalue weighted by Crippen LogP contribution is -2.59. The molecule has 2 aromatic rings. The highest BCUT2D eigenvalue weighted by Crippen LogP contribution is 2.32.